The Labute approximate surface area is 96.1 Å². The first-order valence-electron chi connectivity index (χ1n) is 5.46. The average molecular weight is 222 g/mol. The molecular formula is C13H18O3. The quantitative estimate of drug-likeness (QED) is 0.833. The van der Waals surface area contributed by atoms with Gasteiger partial charge in [0.05, 0.1) is 5.92 Å². The third-order valence-corrected chi connectivity index (χ3v) is 2.47. The summed E-state index contributed by atoms with van der Waals surface area (Å²) in [5, 5.41) is 8.70. The van der Waals surface area contributed by atoms with Crippen LogP contribution in [0, 0.1) is 5.92 Å². The van der Waals surface area contributed by atoms with Crippen molar-refractivity contribution in [2.45, 2.75) is 26.7 Å². The highest BCUT2D eigenvalue weighted by Gasteiger charge is 2.11. The molecular weight excluding hydrogens is 204 g/mol. The molecule has 3 nitrogen and oxygen atoms in total. The Balaban J connectivity index is 2.52. The minimum Gasteiger partial charge on any atom is -0.493 e. The van der Waals surface area contributed by atoms with Gasteiger partial charge in [0.15, 0.2) is 0 Å². The molecule has 1 atom stereocenters. The zero-order valence-corrected chi connectivity index (χ0v) is 9.93. The maximum absolute atomic E-state index is 10.6. The third-order valence-electron chi connectivity index (χ3n) is 2.47. The van der Waals surface area contributed by atoms with Crippen LogP contribution in [0.15, 0.2) is 24.3 Å². The second-order valence-corrected chi connectivity index (χ2v) is 4.27. The van der Waals surface area contributed by atoms with Gasteiger partial charge in [-0.05, 0) is 30.5 Å². The van der Waals surface area contributed by atoms with Gasteiger partial charge in [0, 0.05) is 0 Å². The van der Waals surface area contributed by atoms with E-state index in [0.717, 1.165) is 5.75 Å². The molecule has 0 bridgehead atoms. The number of hydrogen-bond donors (Lipinski definition) is 1. The van der Waals surface area contributed by atoms with Crippen LogP contribution in [0.3, 0.4) is 0 Å². The largest absolute Gasteiger partial charge is 0.493 e. The molecule has 0 aromatic heterocycles. The maximum atomic E-state index is 10.6. The van der Waals surface area contributed by atoms with E-state index in [-0.39, 0.29) is 6.61 Å². The van der Waals surface area contributed by atoms with Crippen molar-refractivity contribution in [2.75, 3.05) is 6.61 Å². The molecule has 1 unspecified atom stereocenters. The predicted octanol–water partition coefficient (Wildman–Crippen LogP) is 2.91. The van der Waals surface area contributed by atoms with Crippen molar-refractivity contribution < 1.29 is 14.6 Å². The van der Waals surface area contributed by atoms with Crippen molar-refractivity contribution in [1.82, 2.24) is 0 Å². The molecule has 1 rings (SSSR count). The molecule has 1 aromatic rings. The number of hydrogen-bond acceptors (Lipinski definition) is 2. The first-order valence-corrected chi connectivity index (χ1v) is 5.46. The number of carbonyl (C=O) groups is 1. The monoisotopic (exact) mass is 222 g/mol. The zero-order chi connectivity index (χ0) is 12.1. The van der Waals surface area contributed by atoms with Gasteiger partial charge in [-0.2, -0.15) is 0 Å². The smallest absolute Gasteiger partial charge is 0.309 e. The van der Waals surface area contributed by atoms with Gasteiger partial charge >= 0.3 is 5.97 Å². The SMILES string of the molecule is CC(COc1ccc(C(C)C)cc1)C(=O)O. The van der Waals surface area contributed by atoms with Crippen LogP contribution in [-0.2, 0) is 4.79 Å². The maximum Gasteiger partial charge on any atom is 0.309 e. The minimum absolute atomic E-state index is 0.205. The molecule has 0 saturated carbocycles. The molecule has 1 aromatic carbocycles. The van der Waals surface area contributed by atoms with Crippen LogP contribution in [0.2, 0.25) is 0 Å². The molecule has 0 spiro atoms. The van der Waals surface area contributed by atoms with E-state index in [1.54, 1.807) is 6.92 Å². The zero-order valence-electron chi connectivity index (χ0n) is 9.93. The van der Waals surface area contributed by atoms with Crippen LogP contribution in [0.5, 0.6) is 5.75 Å². The van der Waals surface area contributed by atoms with E-state index in [2.05, 4.69) is 13.8 Å². The van der Waals surface area contributed by atoms with Crippen molar-refractivity contribution in [3.63, 3.8) is 0 Å². The van der Waals surface area contributed by atoms with Crippen LogP contribution in [0.25, 0.3) is 0 Å². The Morgan fingerprint density at radius 3 is 2.25 bits per heavy atom. The molecule has 1 N–H and O–H groups in total. The van der Waals surface area contributed by atoms with E-state index >= 15 is 0 Å². The molecule has 0 heterocycles. The highest BCUT2D eigenvalue weighted by molar-refractivity contribution is 5.69. The van der Waals surface area contributed by atoms with Gasteiger partial charge in [-0.3, -0.25) is 4.79 Å². The Bertz CT molecular complexity index is 341. The van der Waals surface area contributed by atoms with Crippen LogP contribution in [-0.4, -0.2) is 17.7 Å². The fourth-order valence-electron chi connectivity index (χ4n) is 1.24. The van der Waals surface area contributed by atoms with Crippen LogP contribution >= 0.6 is 0 Å². The molecule has 0 radical (unpaired) electrons. The molecule has 0 aliphatic rings. The van der Waals surface area contributed by atoms with E-state index in [9.17, 15) is 4.79 Å². The Hall–Kier alpha value is -1.51. The van der Waals surface area contributed by atoms with Crippen LogP contribution < -0.4 is 4.74 Å². The normalized spacial score (nSPS) is 12.5. The number of ether oxygens (including phenoxy) is 1. The summed E-state index contributed by atoms with van der Waals surface area (Å²) >= 11 is 0. The Morgan fingerprint density at radius 1 is 1.25 bits per heavy atom. The van der Waals surface area contributed by atoms with Gasteiger partial charge < -0.3 is 9.84 Å². The lowest BCUT2D eigenvalue weighted by Crippen LogP contribution is -2.17. The van der Waals surface area contributed by atoms with Crippen molar-refractivity contribution >= 4 is 5.97 Å². The number of rotatable bonds is 5. The van der Waals surface area contributed by atoms with Gasteiger partial charge in [0.25, 0.3) is 0 Å². The molecule has 0 saturated heterocycles. The average Bonchev–Trinajstić information content (AvgIpc) is 2.26. The molecule has 0 amide bonds. The standard InChI is InChI=1S/C13H18O3/c1-9(2)11-4-6-12(7-5-11)16-8-10(3)13(14)15/h4-7,9-10H,8H2,1-3H3,(H,14,15). The van der Waals surface area contributed by atoms with Crippen molar-refractivity contribution in [1.29, 1.82) is 0 Å². The topological polar surface area (TPSA) is 46.5 Å². The number of benzene rings is 1. The van der Waals surface area contributed by atoms with E-state index in [1.165, 1.54) is 5.56 Å². The Kier molecular flexibility index (Phi) is 4.35. The summed E-state index contributed by atoms with van der Waals surface area (Å²) < 4.78 is 5.38. The van der Waals surface area contributed by atoms with Crippen molar-refractivity contribution in [3.8, 4) is 5.75 Å². The first-order chi connectivity index (χ1) is 7.50. The fourth-order valence-corrected chi connectivity index (χ4v) is 1.24. The second-order valence-electron chi connectivity index (χ2n) is 4.27. The molecule has 16 heavy (non-hydrogen) atoms. The lowest BCUT2D eigenvalue weighted by Gasteiger charge is -2.10. The van der Waals surface area contributed by atoms with Crippen molar-refractivity contribution in [2.24, 2.45) is 5.92 Å². The third kappa shape index (κ3) is 3.57. The van der Waals surface area contributed by atoms with E-state index in [0.29, 0.717) is 5.92 Å². The van der Waals surface area contributed by atoms with Gasteiger partial charge in [-0.25, -0.2) is 0 Å². The second kappa shape index (κ2) is 5.54. The summed E-state index contributed by atoms with van der Waals surface area (Å²) in [5.41, 5.74) is 1.25. The highest BCUT2D eigenvalue weighted by atomic mass is 16.5. The van der Waals surface area contributed by atoms with E-state index in [1.807, 2.05) is 24.3 Å². The number of aliphatic carboxylic acids is 1. The molecule has 0 aliphatic heterocycles. The highest BCUT2D eigenvalue weighted by Crippen LogP contribution is 2.18. The summed E-state index contributed by atoms with van der Waals surface area (Å²) in [6.45, 7) is 6.09. The summed E-state index contributed by atoms with van der Waals surface area (Å²) in [6.07, 6.45) is 0. The van der Waals surface area contributed by atoms with E-state index < -0.39 is 11.9 Å². The molecule has 3 heteroatoms. The number of carboxylic acids is 1. The summed E-state index contributed by atoms with van der Waals surface area (Å²) in [6, 6.07) is 7.77. The van der Waals surface area contributed by atoms with Crippen LogP contribution in [0.1, 0.15) is 32.3 Å². The van der Waals surface area contributed by atoms with Crippen molar-refractivity contribution in [3.05, 3.63) is 29.8 Å². The summed E-state index contributed by atoms with van der Waals surface area (Å²) in [7, 11) is 0. The van der Waals surface area contributed by atoms with E-state index in [4.69, 9.17) is 9.84 Å². The summed E-state index contributed by atoms with van der Waals surface area (Å²) in [5.74, 6) is -0.104. The fraction of sp³-hybridized carbons (Fsp3) is 0.462. The predicted molar refractivity (Wildman–Crippen MR) is 62.8 cm³/mol. The summed E-state index contributed by atoms with van der Waals surface area (Å²) in [4.78, 5) is 10.6. The lowest BCUT2D eigenvalue weighted by molar-refractivity contribution is -0.142. The first kappa shape index (κ1) is 12.6. The van der Waals surface area contributed by atoms with Gasteiger partial charge in [-0.1, -0.05) is 26.0 Å². The van der Waals surface area contributed by atoms with Crippen LogP contribution in [0.4, 0.5) is 0 Å². The molecule has 0 fully saturated rings. The van der Waals surface area contributed by atoms with Gasteiger partial charge in [0.2, 0.25) is 0 Å². The number of carboxylic acid groups (broad SMARTS) is 1. The Morgan fingerprint density at radius 2 is 1.81 bits per heavy atom. The van der Waals surface area contributed by atoms with Gasteiger partial charge in [-0.15, -0.1) is 0 Å². The van der Waals surface area contributed by atoms with Gasteiger partial charge in [0.1, 0.15) is 12.4 Å². The molecule has 0 aliphatic carbocycles. The minimum atomic E-state index is -0.834. The lowest BCUT2D eigenvalue weighted by atomic mass is 10.0. The molecule has 88 valence electrons.